The first-order valence-corrected chi connectivity index (χ1v) is 9.03. The van der Waals surface area contributed by atoms with Gasteiger partial charge in [0.1, 0.15) is 5.82 Å². The van der Waals surface area contributed by atoms with Crippen molar-refractivity contribution in [1.82, 2.24) is 0 Å². The van der Waals surface area contributed by atoms with Gasteiger partial charge in [-0.05, 0) is 67.7 Å². The summed E-state index contributed by atoms with van der Waals surface area (Å²) in [5, 5.41) is 0. The Morgan fingerprint density at radius 2 is 1.93 bits per heavy atom. The topological polar surface area (TPSA) is 90.7 Å². The van der Waals surface area contributed by atoms with Crippen LogP contribution in [-0.4, -0.2) is 18.7 Å². The Labute approximate surface area is 168 Å². The molecule has 0 saturated heterocycles. The number of benzene rings is 1. The largest absolute Gasteiger partial charge is 0.432 e. The summed E-state index contributed by atoms with van der Waals surface area (Å²) in [5.41, 5.74) is 13.4. The molecule has 5 nitrogen and oxygen atoms in total. The van der Waals surface area contributed by atoms with Gasteiger partial charge < -0.3 is 16.2 Å². The average Bonchev–Trinajstić information content (AvgIpc) is 2.58. The number of aliphatic imine (C=N–C) groups is 1. The minimum Gasteiger partial charge on any atom is -0.432 e. The molecule has 0 saturated carbocycles. The number of ether oxygens (including phenoxy) is 1. The highest BCUT2D eigenvalue weighted by atomic mass is 19.3. The molecule has 29 heavy (non-hydrogen) atoms. The lowest BCUT2D eigenvalue weighted by Gasteiger charge is -2.15. The molecule has 1 aromatic rings. The van der Waals surface area contributed by atoms with E-state index in [1.165, 1.54) is 0 Å². The highest BCUT2D eigenvalue weighted by Crippen LogP contribution is 2.31. The van der Waals surface area contributed by atoms with E-state index in [-0.39, 0.29) is 17.0 Å². The fraction of sp³-hybridized carbons (Fsp3) is 0.333. The molecule has 0 heterocycles. The second-order valence-corrected chi connectivity index (χ2v) is 6.34. The molecule has 0 atom stereocenters. The summed E-state index contributed by atoms with van der Waals surface area (Å²) in [4.78, 5) is 16.2. The fourth-order valence-electron chi connectivity index (χ4n) is 2.85. The minimum absolute atomic E-state index is 0.108. The molecule has 0 fully saturated rings. The molecule has 0 aliphatic rings. The summed E-state index contributed by atoms with van der Waals surface area (Å²) in [6.07, 6.45) is 6.07. The van der Waals surface area contributed by atoms with Crippen LogP contribution in [0.5, 0.6) is 5.75 Å². The summed E-state index contributed by atoms with van der Waals surface area (Å²) < 4.78 is 43.4. The first-order valence-electron chi connectivity index (χ1n) is 9.03. The highest BCUT2D eigenvalue weighted by Gasteiger charge is 2.20. The van der Waals surface area contributed by atoms with E-state index in [0.717, 1.165) is 12.1 Å². The Hall–Kier alpha value is -3.03. The van der Waals surface area contributed by atoms with Gasteiger partial charge in [-0.25, -0.2) is 9.38 Å². The number of halogens is 3. The van der Waals surface area contributed by atoms with Crippen molar-refractivity contribution in [1.29, 1.82) is 0 Å². The number of nitrogens with zero attached hydrogens (tertiary/aromatic N) is 1. The molecular weight excluding hydrogens is 383 g/mol. The number of carbonyl (C=O) groups is 1. The number of nitrogens with two attached hydrogens (primary N) is 2. The van der Waals surface area contributed by atoms with Crippen LogP contribution in [0.25, 0.3) is 5.57 Å². The molecule has 4 N–H and O–H groups in total. The van der Waals surface area contributed by atoms with Crippen LogP contribution in [0.1, 0.15) is 44.7 Å². The molecule has 1 rings (SSSR count). The molecule has 0 aromatic heterocycles. The molecular formula is C21H26F3N3O2. The fourth-order valence-corrected chi connectivity index (χ4v) is 2.85. The first kappa shape index (κ1) is 24.0. The zero-order valence-electron chi connectivity index (χ0n) is 16.9. The second kappa shape index (κ2) is 11.1. The molecule has 0 aliphatic heterocycles. The molecule has 0 radical (unpaired) electrons. The molecule has 1 aromatic carbocycles. The Kier molecular flexibility index (Phi) is 9.18. The molecule has 8 heteroatoms. The number of alkyl halides is 2. The Bertz CT molecular complexity index is 872. The van der Waals surface area contributed by atoms with E-state index in [1.807, 2.05) is 6.92 Å². The second-order valence-electron chi connectivity index (χ2n) is 6.34. The zero-order valence-corrected chi connectivity index (χ0v) is 16.9. The van der Waals surface area contributed by atoms with E-state index in [9.17, 15) is 18.0 Å². The summed E-state index contributed by atoms with van der Waals surface area (Å²) in [5.74, 6) is -2.08. The summed E-state index contributed by atoms with van der Waals surface area (Å²) >= 11 is 0. The Balaban J connectivity index is 3.64. The highest BCUT2D eigenvalue weighted by molar-refractivity contribution is 6.20. The lowest BCUT2D eigenvalue weighted by atomic mass is 9.91. The van der Waals surface area contributed by atoms with Gasteiger partial charge >= 0.3 is 6.61 Å². The van der Waals surface area contributed by atoms with Crippen molar-refractivity contribution >= 4 is 17.7 Å². The van der Waals surface area contributed by atoms with Gasteiger partial charge in [-0.15, -0.1) is 0 Å². The van der Waals surface area contributed by atoms with Gasteiger partial charge in [0.05, 0.1) is 0 Å². The number of carbonyl (C=O) groups excluding carboxylic acids is 1. The number of aryl methyl sites for hydroxylation is 1. The van der Waals surface area contributed by atoms with Gasteiger partial charge in [-0.2, -0.15) is 8.78 Å². The number of allylic oxidation sites excluding steroid dienone is 4. The third-order valence-corrected chi connectivity index (χ3v) is 3.91. The van der Waals surface area contributed by atoms with Crippen molar-refractivity contribution in [3.8, 4) is 5.75 Å². The lowest BCUT2D eigenvalue weighted by molar-refractivity contribution is -0.112. The van der Waals surface area contributed by atoms with Crippen LogP contribution in [0, 0.1) is 12.7 Å². The van der Waals surface area contributed by atoms with E-state index in [2.05, 4.69) is 9.73 Å². The van der Waals surface area contributed by atoms with E-state index >= 15 is 0 Å². The van der Waals surface area contributed by atoms with Crippen LogP contribution in [0.2, 0.25) is 0 Å². The van der Waals surface area contributed by atoms with Crippen molar-refractivity contribution in [2.75, 3.05) is 0 Å². The minimum atomic E-state index is -3.16. The monoisotopic (exact) mass is 409 g/mol. The third-order valence-electron chi connectivity index (χ3n) is 3.91. The lowest BCUT2D eigenvalue weighted by Crippen LogP contribution is -2.16. The molecule has 158 valence electrons. The summed E-state index contributed by atoms with van der Waals surface area (Å²) in [6, 6.07) is 2.10. The molecule has 0 unspecified atom stereocenters. The molecule has 0 bridgehead atoms. The Morgan fingerprint density at radius 3 is 2.45 bits per heavy atom. The number of hydrogen-bond donors (Lipinski definition) is 2. The first-order chi connectivity index (χ1) is 13.6. The number of hydrogen-bond acceptors (Lipinski definition) is 4. The SMILES string of the molecule is C\C=N/C(N)=C\C(C)=C\C(CCC)=C(/C(N)=O)c1cc(F)c(OC(F)F)cc1C. The van der Waals surface area contributed by atoms with Crippen molar-refractivity contribution in [2.24, 2.45) is 16.5 Å². The van der Waals surface area contributed by atoms with E-state index in [4.69, 9.17) is 11.5 Å². The van der Waals surface area contributed by atoms with Crippen LogP contribution < -0.4 is 16.2 Å². The van der Waals surface area contributed by atoms with Crippen molar-refractivity contribution in [3.63, 3.8) is 0 Å². The molecule has 1 amide bonds. The average molecular weight is 409 g/mol. The summed E-state index contributed by atoms with van der Waals surface area (Å²) in [7, 11) is 0. The van der Waals surface area contributed by atoms with Crippen LogP contribution >= 0.6 is 0 Å². The summed E-state index contributed by atoms with van der Waals surface area (Å²) in [6.45, 7) is 3.82. The maximum absolute atomic E-state index is 14.3. The van der Waals surface area contributed by atoms with Crippen LogP contribution in [0.3, 0.4) is 0 Å². The van der Waals surface area contributed by atoms with Crippen molar-refractivity contribution in [2.45, 2.75) is 47.1 Å². The van der Waals surface area contributed by atoms with Crippen molar-refractivity contribution < 1.29 is 22.7 Å². The van der Waals surface area contributed by atoms with Crippen LogP contribution in [-0.2, 0) is 4.79 Å². The normalized spacial score (nSPS) is 13.8. The van der Waals surface area contributed by atoms with Gasteiger partial charge in [0.25, 0.3) is 0 Å². The van der Waals surface area contributed by atoms with E-state index < -0.39 is 24.1 Å². The number of rotatable bonds is 9. The van der Waals surface area contributed by atoms with E-state index in [0.29, 0.717) is 29.6 Å². The Morgan fingerprint density at radius 1 is 1.28 bits per heavy atom. The number of primary amides is 1. The van der Waals surface area contributed by atoms with Gasteiger partial charge in [-0.1, -0.05) is 19.4 Å². The van der Waals surface area contributed by atoms with Crippen LogP contribution in [0.4, 0.5) is 13.2 Å². The number of amides is 1. The van der Waals surface area contributed by atoms with Gasteiger partial charge in [0, 0.05) is 11.8 Å². The maximum Gasteiger partial charge on any atom is 0.387 e. The maximum atomic E-state index is 14.3. The van der Waals surface area contributed by atoms with Gasteiger partial charge in [-0.3, -0.25) is 4.79 Å². The molecule has 0 spiro atoms. The quantitative estimate of drug-likeness (QED) is 0.354. The van der Waals surface area contributed by atoms with Gasteiger partial charge in [0.2, 0.25) is 5.91 Å². The van der Waals surface area contributed by atoms with Crippen LogP contribution in [0.15, 0.2) is 46.2 Å². The zero-order chi connectivity index (χ0) is 22.1. The smallest absolute Gasteiger partial charge is 0.387 e. The predicted molar refractivity (Wildman–Crippen MR) is 109 cm³/mol. The van der Waals surface area contributed by atoms with Crippen molar-refractivity contribution in [3.05, 3.63) is 58.2 Å². The predicted octanol–water partition coefficient (Wildman–Crippen LogP) is 4.61. The standard InChI is InChI=1S/C21H26F3N3O2/c1-5-7-14(8-12(3)9-18(25)27-6-2)19(20(26)28)15-11-16(22)17(10-13(15)4)29-21(23)24/h6,8-11,21H,5,7,25H2,1-4H3,(H2,26,28)/b12-8+,18-9-,19-14-,27-6-. The van der Waals surface area contributed by atoms with Gasteiger partial charge in [0.15, 0.2) is 11.6 Å². The third kappa shape index (κ3) is 7.14. The molecule has 0 aliphatic carbocycles. The van der Waals surface area contributed by atoms with E-state index in [1.54, 1.807) is 39.1 Å².